The van der Waals surface area contributed by atoms with Crippen LogP contribution in [0.15, 0.2) is 42.5 Å². The molecule has 2 aromatic heterocycles. The van der Waals surface area contributed by atoms with Crippen molar-refractivity contribution in [2.75, 3.05) is 5.32 Å². The van der Waals surface area contributed by atoms with Crippen LogP contribution < -0.4 is 10.1 Å². The van der Waals surface area contributed by atoms with Crippen molar-refractivity contribution < 1.29 is 14.5 Å². The number of amides is 1. The van der Waals surface area contributed by atoms with Crippen molar-refractivity contribution in [1.29, 1.82) is 0 Å². The third kappa shape index (κ3) is 3.22. The van der Waals surface area contributed by atoms with Gasteiger partial charge < -0.3 is 4.74 Å². The van der Waals surface area contributed by atoms with Gasteiger partial charge in [0.2, 0.25) is 5.91 Å². The van der Waals surface area contributed by atoms with E-state index in [1.165, 1.54) is 23.5 Å². The van der Waals surface area contributed by atoms with Gasteiger partial charge in [0.25, 0.3) is 0 Å². The molecular formula is C17H11N3O4S2. The number of carbonyl (C=O) groups excluding carboxylic acids is 1. The fourth-order valence-electron chi connectivity index (χ4n) is 2.48. The smallest absolute Gasteiger partial charge is 0.324 e. The van der Waals surface area contributed by atoms with Crippen LogP contribution in [0.4, 0.5) is 10.1 Å². The number of nitrogens with one attached hydrogen (secondary N) is 1. The average molecular weight is 385 g/mol. The van der Waals surface area contributed by atoms with E-state index >= 15 is 0 Å². The molecule has 26 heavy (non-hydrogen) atoms. The number of anilines is 1. The molecule has 0 spiro atoms. The summed E-state index contributed by atoms with van der Waals surface area (Å²) in [6.07, 6.45) is 2.87. The van der Waals surface area contributed by atoms with Gasteiger partial charge in [0.15, 0.2) is 5.13 Å². The quantitative estimate of drug-likeness (QED) is 0.410. The normalized spacial score (nSPS) is 12.3. The Kier molecular flexibility index (Phi) is 4.23. The van der Waals surface area contributed by atoms with E-state index in [1.54, 1.807) is 12.1 Å². The van der Waals surface area contributed by atoms with Gasteiger partial charge in [-0.1, -0.05) is 34.8 Å². The van der Waals surface area contributed by atoms with Gasteiger partial charge in [-0.3, -0.25) is 20.2 Å². The van der Waals surface area contributed by atoms with Crippen LogP contribution in [0.1, 0.15) is 9.75 Å². The van der Waals surface area contributed by atoms with Crippen molar-refractivity contribution in [2.24, 2.45) is 0 Å². The lowest BCUT2D eigenvalue weighted by molar-refractivity contribution is -0.380. The summed E-state index contributed by atoms with van der Waals surface area (Å²) in [5.41, 5.74) is 1.73. The second kappa shape index (κ2) is 6.70. The Hall–Kier alpha value is -3.04. The van der Waals surface area contributed by atoms with Crippen LogP contribution in [0.3, 0.4) is 0 Å². The lowest BCUT2D eigenvalue weighted by atomic mass is 10.1. The van der Waals surface area contributed by atoms with Gasteiger partial charge in [0.05, 0.1) is 15.5 Å². The minimum Gasteiger partial charge on any atom is -0.487 e. The van der Waals surface area contributed by atoms with Gasteiger partial charge in [-0.15, -0.1) is 0 Å². The highest BCUT2D eigenvalue weighted by Gasteiger charge is 2.22. The number of hydrogen-bond acceptors (Lipinski definition) is 7. The summed E-state index contributed by atoms with van der Waals surface area (Å²) in [6, 6.07) is 10.6. The first kappa shape index (κ1) is 16.4. The number of nitro groups is 1. The molecule has 0 saturated carbocycles. The Morgan fingerprint density at radius 3 is 2.92 bits per heavy atom. The average Bonchev–Trinajstić information content (AvgIpc) is 3.26. The maximum atomic E-state index is 12.1. The molecule has 9 heteroatoms. The first-order chi connectivity index (χ1) is 12.6. The van der Waals surface area contributed by atoms with Gasteiger partial charge in [0.1, 0.15) is 12.4 Å². The van der Waals surface area contributed by atoms with Gasteiger partial charge >= 0.3 is 5.00 Å². The molecule has 1 aromatic carbocycles. The minimum atomic E-state index is -0.456. The fourth-order valence-corrected chi connectivity index (χ4v) is 4.10. The molecule has 0 saturated heterocycles. The SMILES string of the molecule is O=C(C=Cc1ccc([N+](=O)[O-])s1)Nc1nc2c(s1)COc1ccccc1-2. The zero-order chi connectivity index (χ0) is 18.1. The van der Waals surface area contributed by atoms with E-state index in [1.807, 2.05) is 24.3 Å². The van der Waals surface area contributed by atoms with E-state index in [0.29, 0.717) is 16.6 Å². The molecule has 3 heterocycles. The van der Waals surface area contributed by atoms with Crippen molar-refractivity contribution in [2.45, 2.75) is 6.61 Å². The number of aromatic nitrogens is 1. The maximum Gasteiger partial charge on any atom is 0.324 e. The van der Waals surface area contributed by atoms with E-state index in [-0.39, 0.29) is 10.9 Å². The summed E-state index contributed by atoms with van der Waals surface area (Å²) in [4.78, 5) is 28.4. The number of ether oxygens (including phenoxy) is 1. The minimum absolute atomic E-state index is 0.0383. The number of para-hydroxylation sites is 1. The molecule has 130 valence electrons. The number of nitrogens with zero attached hydrogens (tertiary/aromatic N) is 2. The second-order valence-electron chi connectivity index (χ2n) is 5.33. The molecule has 0 radical (unpaired) electrons. The Morgan fingerprint density at radius 2 is 2.12 bits per heavy atom. The first-order valence-electron chi connectivity index (χ1n) is 7.55. The lowest BCUT2D eigenvalue weighted by Crippen LogP contribution is -2.07. The zero-order valence-electron chi connectivity index (χ0n) is 13.2. The molecular weight excluding hydrogens is 374 g/mol. The highest BCUT2D eigenvalue weighted by atomic mass is 32.1. The predicted molar refractivity (Wildman–Crippen MR) is 101 cm³/mol. The Morgan fingerprint density at radius 1 is 1.27 bits per heavy atom. The molecule has 1 N–H and O–H groups in total. The molecule has 0 fully saturated rings. The number of thiophene rings is 1. The van der Waals surface area contributed by atoms with Gasteiger partial charge in [-0.05, 0) is 24.3 Å². The Balaban J connectivity index is 1.48. The third-order valence-electron chi connectivity index (χ3n) is 3.62. The van der Waals surface area contributed by atoms with Gasteiger partial charge in [0, 0.05) is 22.6 Å². The van der Waals surface area contributed by atoms with Gasteiger partial charge in [-0.25, -0.2) is 4.98 Å². The van der Waals surface area contributed by atoms with Crippen molar-refractivity contribution in [3.63, 3.8) is 0 Å². The van der Waals surface area contributed by atoms with E-state index < -0.39 is 4.92 Å². The predicted octanol–water partition coefficient (Wildman–Crippen LogP) is 4.32. The summed E-state index contributed by atoms with van der Waals surface area (Å²) < 4.78 is 5.69. The lowest BCUT2D eigenvalue weighted by Gasteiger charge is -2.15. The molecule has 1 aliphatic heterocycles. The second-order valence-corrected chi connectivity index (χ2v) is 7.51. The van der Waals surface area contributed by atoms with Crippen molar-refractivity contribution in [1.82, 2.24) is 4.98 Å². The van der Waals surface area contributed by atoms with Crippen LogP contribution in [0.2, 0.25) is 0 Å². The number of hydrogen-bond donors (Lipinski definition) is 1. The summed E-state index contributed by atoms with van der Waals surface area (Å²) in [7, 11) is 0. The Labute approximate surface area is 155 Å². The molecule has 1 aliphatic rings. The van der Waals surface area contributed by atoms with Crippen LogP contribution >= 0.6 is 22.7 Å². The number of rotatable bonds is 4. The molecule has 3 aromatic rings. The van der Waals surface area contributed by atoms with Crippen LogP contribution in [0.5, 0.6) is 5.75 Å². The van der Waals surface area contributed by atoms with Crippen LogP contribution in [0.25, 0.3) is 17.3 Å². The molecule has 0 atom stereocenters. The molecule has 0 aliphatic carbocycles. The van der Waals surface area contributed by atoms with Crippen molar-refractivity contribution >= 4 is 44.8 Å². The molecule has 4 rings (SSSR count). The molecule has 0 bridgehead atoms. The van der Waals surface area contributed by atoms with Crippen LogP contribution in [-0.2, 0) is 11.4 Å². The fraction of sp³-hybridized carbons (Fsp3) is 0.0588. The first-order valence-corrected chi connectivity index (χ1v) is 9.18. The third-order valence-corrected chi connectivity index (χ3v) is 5.57. The van der Waals surface area contributed by atoms with E-state index in [2.05, 4.69) is 10.3 Å². The van der Waals surface area contributed by atoms with Crippen molar-refractivity contribution in [3.05, 3.63) is 62.3 Å². The number of benzene rings is 1. The molecule has 7 nitrogen and oxygen atoms in total. The van der Waals surface area contributed by atoms with E-state index in [9.17, 15) is 14.9 Å². The number of fused-ring (bicyclic) bond motifs is 3. The molecule has 0 unspecified atom stereocenters. The van der Waals surface area contributed by atoms with E-state index in [0.717, 1.165) is 33.2 Å². The van der Waals surface area contributed by atoms with E-state index in [4.69, 9.17) is 4.74 Å². The van der Waals surface area contributed by atoms with Gasteiger partial charge in [-0.2, -0.15) is 0 Å². The monoisotopic (exact) mass is 385 g/mol. The summed E-state index contributed by atoms with van der Waals surface area (Å²) in [5, 5.41) is 13.9. The molecule has 1 amide bonds. The highest BCUT2D eigenvalue weighted by molar-refractivity contribution is 7.16. The van der Waals surface area contributed by atoms with Crippen LogP contribution in [-0.4, -0.2) is 15.8 Å². The van der Waals surface area contributed by atoms with Crippen LogP contribution in [0, 0.1) is 10.1 Å². The summed E-state index contributed by atoms with van der Waals surface area (Å²) in [5.74, 6) is 0.434. The summed E-state index contributed by atoms with van der Waals surface area (Å²) >= 11 is 2.38. The highest BCUT2D eigenvalue weighted by Crippen LogP contribution is 2.40. The standard InChI is InChI=1S/C17H11N3O4S2/c21-14(7-5-10-6-8-15(25-10)20(22)23)18-17-19-16-11-3-1-2-4-12(11)24-9-13(16)26-17/h1-8H,9H2,(H,18,19,21). The zero-order valence-corrected chi connectivity index (χ0v) is 14.8. The number of thiazole rings is 1. The Bertz CT molecular complexity index is 1040. The van der Waals surface area contributed by atoms with Crippen molar-refractivity contribution in [3.8, 4) is 17.0 Å². The topological polar surface area (TPSA) is 94.4 Å². The summed E-state index contributed by atoms with van der Waals surface area (Å²) in [6.45, 7) is 0.425. The largest absolute Gasteiger partial charge is 0.487 e. The number of carbonyl (C=O) groups is 1. The maximum absolute atomic E-state index is 12.1.